The summed E-state index contributed by atoms with van der Waals surface area (Å²) < 4.78 is 93.6. The Morgan fingerprint density at radius 3 is 0.914 bits per heavy atom. The first kappa shape index (κ1) is 95.6. The van der Waals surface area contributed by atoms with E-state index in [9.17, 15) is 28.8 Å². The highest BCUT2D eigenvalue weighted by atomic mass is 16.6. The standard InChI is InChI=1S/C60H62N4O14.C50H46N4O8/c1-9-26-75-59(67)63-47-33-53(51(71-5)31-45(47)55(65)61-24-22-41(29-49(61)57(63)73-7)39-14-18-43(69-3)19-15-39)77-35-37-12-11-13-38(28-37)36-78-54-34-48-46(32-52(54)72-6)56(66)62-25-23-42(40-16-20-44(70-4)21-17-40)30-50(62)58(74-8)64(48)60(68)76-27-10-2;1-57-39-12-8-33(9-13-39)35-16-18-53-37(21-35)27-51-43-25-47(45(59-3)23-41(43)49(53)55)61-29-31-6-5-7-32(20-31)30-62-48-26-44-42(24-46(48)60-4)50(56)54-19-17-36(22-38(54)28-52-44)34-10-14-40(58-2)15-11-34/h9-21,28-34,49-50,57-58H,1-2,22-27,35-36H2,3-8H3;5-15,20-28,37-38H,16-19,29-30H2,1-4H3/t49-,50-,57?,58?;37-,38-/m00/s1. The summed E-state index contributed by atoms with van der Waals surface area (Å²) >= 11 is 0. The van der Waals surface area contributed by atoms with Gasteiger partial charge in [-0.2, -0.15) is 0 Å². The number of rotatable bonds is 30. The topological polar surface area (TPSA) is 294 Å². The van der Waals surface area contributed by atoms with Crippen molar-refractivity contribution in [3.63, 3.8) is 0 Å². The van der Waals surface area contributed by atoms with E-state index in [0.717, 1.165) is 91.1 Å². The Bertz CT molecular complexity index is 6190. The fourth-order valence-corrected chi connectivity index (χ4v) is 18.6. The Balaban J connectivity index is 0.000000198. The minimum Gasteiger partial charge on any atom is -0.497 e. The fourth-order valence-electron chi connectivity index (χ4n) is 18.6. The largest absolute Gasteiger partial charge is 0.497 e. The number of aliphatic imine (C=N–C) groups is 2. The molecule has 720 valence electrons. The number of fused-ring (bicyclic) bond motifs is 8. The van der Waals surface area contributed by atoms with Gasteiger partial charge in [0.25, 0.3) is 23.6 Å². The van der Waals surface area contributed by atoms with Gasteiger partial charge in [0.05, 0.1) is 126 Å². The van der Waals surface area contributed by atoms with Gasteiger partial charge in [0.1, 0.15) is 62.6 Å². The second kappa shape index (κ2) is 43.1. The molecule has 0 fully saturated rings. The first-order valence-corrected chi connectivity index (χ1v) is 45.8. The van der Waals surface area contributed by atoms with Crippen LogP contribution in [0.5, 0.6) is 69.0 Å². The second-order valence-corrected chi connectivity index (χ2v) is 33.8. The Kier molecular flexibility index (Phi) is 29.4. The third kappa shape index (κ3) is 20.1. The summed E-state index contributed by atoms with van der Waals surface area (Å²) in [6, 6.07) is 57.9. The van der Waals surface area contributed by atoms with E-state index in [0.29, 0.717) is 96.0 Å². The van der Waals surface area contributed by atoms with Gasteiger partial charge in [-0.15, -0.1) is 0 Å². The van der Waals surface area contributed by atoms with Gasteiger partial charge in [-0.3, -0.25) is 29.2 Å². The van der Waals surface area contributed by atoms with Crippen LogP contribution in [0.25, 0.3) is 22.3 Å². The van der Waals surface area contributed by atoms with Crippen LogP contribution in [-0.2, 0) is 45.4 Å². The first-order chi connectivity index (χ1) is 68.3. The van der Waals surface area contributed by atoms with Crippen molar-refractivity contribution in [1.29, 1.82) is 0 Å². The smallest absolute Gasteiger partial charge is 0.416 e. The van der Waals surface area contributed by atoms with Crippen LogP contribution in [-0.4, -0.2) is 215 Å². The quantitative estimate of drug-likeness (QED) is 0.0378. The second-order valence-electron chi connectivity index (χ2n) is 33.8. The Morgan fingerprint density at radius 1 is 0.336 bits per heavy atom. The number of hydrogen-bond acceptors (Lipinski definition) is 24. The molecule has 2 unspecified atom stereocenters. The van der Waals surface area contributed by atoms with Crippen molar-refractivity contribution >= 4 is 93.3 Å². The number of amides is 6. The highest BCUT2D eigenvalue weighted by Gasteiger charge is 2.48. The van der Waals surface area contributed by atoms with Crippen molar-refractivity contribution in [3.8, 4) is 69.0 Å². The average Bonchev–Trinajstić information content (AvgIpc) is 1.54. The molecule has 8 aliphatic heterocycles. The Morgan fingerprint density at radius 2 is 0.621 bits per heavy atom. The Hall–Kier alpha value is -16.1. The lowest BCUT2D eigenvalue weighted by molar-refractivity contribution is 0.0274. The van der Waals surface area contributed by atoms with Gasteiger partial charge in [-0.1, -0.05) is 135 Å². The summed E-state index contributed by atoms with van der Waals surface area (Å²) in [4.78, 5) is 105. The minimum atomic E-state index is -1.01. The molecule has 0 N–H and O–H groups in total. The van der Waals surface area contributed by atoms with Crippen LogP contribution in [0.2, 0.25) is 0 Å². The van der Waals surface area contributed by atoms with Crippen LogP contribution in [0.4, 0.5) is 32.3 Å². The van der Waals surface area contributed by atoms with Crippen LogP contribution in [0.3, 0.4) is 0 Å². The van der Waals surface area contributed by atoms with Gasteiger partial charge >= 0.3 is 12.2 Å². The number of ether oxygens (including phenoxy) is 16. The van der Waals surface area contributed by atoms with E-state index in [1.165, 1.54) is 50.4 Å². The van der Waals surface area contributed by atoms with E-state index in [4.69, 9.17) is 85.8 Å². The average molecular weight is 1890 g/mol. The third-order valence-electron chi connectivity index (χ3n) is 25.8. The Labute approximate surface area is 811 Å². The first-order valence-electron chi connectivity index (χ1n) is 45.8. The molecule has 0 saturated carbocycles. The molecule has 0 spiro atoms. The number of carbonyl (C=O) groups is 6. The molecule has 8 heterocycles. The number of methoxy groups -OCH3 is 10. The van der Waals surface area contributed by atoms with E-state index in [1.807, 2.05) is 180 Å². The number of anilines is 2. The maximum Gasteiger partial charge on any atom is 0.416 e. The molecule has 0 aromatic heterocycles. The number of hydrogen-bond donors (Lipinski definition) is 0. The van der Waals surface area contributed by atoms with Crippen LogP contribution < -0.4 is 66.6 Å². The summed E-state index contributed by atoms with van der Waals surface area (Å²) in [6.07, 6.45) is 13.7. The zero-order chi connectivity index (χ0) is 97.8. The molecule has 0 saturated heterocycles. The van der Waals surface area contributed by atoms with Gasteiger partial charge in [-0.25, -0.2) is 19.4 Å². The summed E-state index contributed by atoms with van der Waals surface area (Å²) in [5.74, 6) is 4.98. The molecular formula is C110H108N8O22. The van der Waals surface area contributed by atoms with Crippen molar-refractivity contribution in [1.82, 2.24) is 19.6 Å². The maximum atomic E-state index is 14.6. The highest BCUT2D eigenvalue weighted by Crippen LogP contribution is 2.48. The molecule has 30 heteroatoms. The van der Waals surface area contributed by atoms with Crippen molar-refractivity contribution in [2.75, 3.05) is 120 Å². The molecule has 0 bridgehead atoms. The molecule has 10 aromatic carbocycles. The van der Waals surface area contributed by atoms with Gasteiger partial charge < -0.3 is 95.4 Å². The lowest BCUT2D eigenvalue weighted by Crippen LogP contribution is -2.55. The zero-order valence-electron chi connectivity index (χ0n) is 79.4. The molecule has 6 amide bonds. The van der Waals surface area contributed by atoms with Crippen molar-refractivity contribution < 1.29 is 105 Å². The molecule has 30 nitrogen and oxygen atoms in total. The van der Waals surface area contributed by atoms with E-state index in [1.54, 1.807) is 101 Å². The summed E-state index contributed by atoms with van der Waals surface area (Å²) in [5.41, 5.74) is 14.4. The van der Waals surface area contributed by atoms with Crippen molar-refractivity contribution in [3.05, 3.63) is 310 Å². The number of nitrogens with zero attached hydrogens (tertiary/aromatic N) is 8. The van der Waals surface area contributed by atoms with Gasteiger partial charge in [0, 0.05) is 77.1 Å². The molecule has 140 heavy (non-hydrogen) atoms. The molecule has 0 aliphatic carbocycles. The summed E-state index contributed by atoms with van der Waals surface area (Å²) in [5, 5.41) is 0. The predicted octanol–water partition coefficient (Wildman–Crippen LogP) is 18.6. The SMILES string of the molecule is C=CCOC(=O)N1c2cc(OCc3cccc(COc4cc5c(cc4OC)C(=O)N4CCC(c6ccc(OC)cc6)=C[C@H]4C(OC)N5C(=O)OCC=C)c3)c(OC)cc2C(=O)N2CCC(c3ccc(OC)cc3)=C[C@H]2C1OC.COc1ccc(C2=C[C@H]3C=Nc4cc(OCc5cccc(COc6cc7c(cc6OC)C(=O)N6CCC(c8ccc(OC)cc8)=C[C@H]6C=N7)c5)c(OC)cc4C(=O)N3CC2)cc1. The van der Waals surface area contributed by atoms with Gasteiger partial charge in [0.15, 0.2) is 58.5 Å². The molecule has 0 radical (unpaired) electrons. The third-order valence-corrected chi connectivity index (χ3v) is 25.8. The van der Waals surface area contributed by atoms with Crippen molar-refractivity contribution in [2.24, 2.45) is 9.98 Å². The van der Waals surface area contributed by atoms with Crippen LogP contribution in [0, 0.1) is 0 Å². The van der Waals surface area contributed by atoms with E-state index in [-0.39, 0.29) is 121 Å². The summed E-state index contributed by atoms with van der Waals surface area (Å²) in [6.45, 7) is 9.59. The predicted molar refractivity (Wildman–Crippen MR) is 530 cm³/mol. The normalized spacial score (nSPS) is 18.1. The molecule has 10 aromatic rings. The molecule has 6 atom stereocenters. The molecular weight excluding hydrogens is 1790 g/mol. The van der Waals surface area contributed by atoms with E-state index < -0.39 is 36.7 Å². The van der Waals surface area contributed by atoms with E-state index in [2.05, 4.69) is 25.3 Å². The van der Waals surface area contributed by atoms with Crippen LogP contribution >= 0.6 is 0 Å². The zero-order valence-corrected chi connectivity index (χ0v) is 79.4. The number of benzene rings is 10. The molecule has 8 aliphatic rings. The lowest BCUT2D eigenvalue weighted by Gasteiger charge is -2.39. The van der Waals surface area contributed by atoms with Gasteiger partial charge in [-0.05, 0) is 177 Å². The monoisotopic (exact) mass is 1890 g/mol. The minimum absolute atomic E-state index is 0.0328. The lowest BCUT2D eigenvalue weighted by atomic mass is 9.94. The number of carbonyl (C=O) groups excluding carboxylic acids is 6. The van der Waals surface area contributed by atoms with Crippen molar-refractivity contribution in [2.45, 2.75) is 88.7 Å². The molecule has 18 rings (SSSR count). The van der Waals surface area contributed by atoms with E-state index >= 15 is 0 Å². The van der Waals surface area contributed by atoms with Crippen LogP contribution in [0.1, 0.15) is 112 Å². The fraction of sp³-hybridized carbons (Fsp3) is 0.273. The van der Waals surface area contributed by atoms with Crippen LogP contribution in [0.15, 0.2) is 254 Å². The maximum absolute atomic E-state index is 14.6. The highest BCUT2D eigenvalue weighted by molar-refractivity contribution is 6.09. The van der Waals surface area contributed by atoms with Gasteiger partial charge in [0.2, 0.25) is 0 Å². The summed E-state index contributed by atoms with van der Waals surface area (Å²) in [7, 11) is 15.6.